The first-order valence-electron chi connectivity index (χ1n) is 10.7. The Morgan fingerprint density at radius 1 is 1.10 bits per heavy atom. The number of benzene rings is 2. The number of methoxy groups -OCH3 is 1. The van der Waals surface area contributed by atoms with Gasteiger partial charge in [-0.3, -0.25) is 4.99 Å². The quantitative estimate of drug-likeness (QED) is 0.302. The van der Waals surface area contributed by atoms with E-state index in [-0.39, 0.29) is 24.0 Å². The van der Waals surface area contributed by atoms with E-state index in [4.69, 9.17) is 9.47 Å². The third kappa shape index (κ3) is 7.57. The van der Waals surface area contributed by atoms with Gasteiger partial charge in [-0.15, -0.1) is 24.0 Å². The summed E-state index contributed by atoms with van der Waals surface area (Å²) in [6, 6.07) is 16.9. The van der Waals surface area contributed by atoms with Crippen LogP contribution in [0.5, 0.6) is 5.75 Å². The van der Waals surface area contributed by atoms with Crippen molar-refractivity contribution in [1.82, 2.24) is 10.6 Å². The van der Waals surface area contributed by atoms with Crippen molar-refractivity contribution in [2.24, 2.45) is 4.99 Å². The Balaban J connectivity index is 0.00000341. The second kappa shape index (κ2) is 13.4. The first-order valence-corrected chi connectivity index (χ1v) is 10.7. The number of guanidine groups is 1. The molecule has 31 heavy (non-hydrogen) atoms. The molecule has 1 fully saturated rings. The van der Waals surface area contributed by atoms with Crippen LogP contribution in [0.4, 0.5) is 5.69 Å². The smallest absolute Gasteiger partial charge is 0.191 e. The van der Waals surface area contributed by atoms with Gasteiger partial charge in [0.2, 0.25) is 0 Å². The van der Waals surface area contributed by atoms with Gasteiger partial charge in [-0.25, -0.2) is 0 Å². The highest BCUT2D eigenvalue weighted by Gasteiger charge is 2.14. The van der Waals surface area contributed by atoms with Crippen molar-refractivity contribution >= 4 is 35.6 Å². The van der Waals surface area contributed by atoms with E-state index in [1.165, 1.54) is 16.8 Å². The number of rotatable bonds is 8. The molecule has 2 N–H and O–H groups in total. The predicted molar refractivity (Wildman–Crippen MR) is 139 cm³/mol. The summed E-state index contributed by atoms with van der Waals surface area (Å²) < 4.78 is 10.7. The number of nitrogens with zero attached hydrogens (tertiary/aromatic N) is 2. The molecule has 0 radical (unpaired) electrons. The van der Waals surface area contributed by atoms with Crippen molar-refractivity contribution in [2.75, 3.05) is 51.9 Å². The summed E-state index contributed by atoms with van der Waals surface area (Å²) in [5.41, 5.74) is 3.87. The number of hydrogen-bond donors (Lipinski definition) is 2. The lowest BCUT2D eigenvalue weighted by Crippen LogP contribution is -2.39. The predicted octanol–water partition coefficient (Wildman–Crippen LogP) is 4.01. The average Bonchev–Trinajstić information content (AvgIpc) is 2.82. The van der Waals surface area contributed by atoms with Crippen LogP contribution in [0.15, 0.2) is 53.5 Å². The van der Waals surface area contributed by atoms with Crippen molar-refractivity contribution in [3.05, 3.63) is 59.7 Å². The molecule has 0 amide bonds. The SMILES string of the molecule is CN=C(NCCC(C)c1ccc(OC)cc1)NCc1ccccc1N1CCOCC1.I. The zero-order valence-electron chi connectivity index (χ0n) is 18.8. The third-order valence-electron chi connectivity index (χ3n) is 5.57. The maximum atomic E-state index is 5.49. The number of anilines is 1. The fourth-order valence-electron chi connectivity index (χ4n) is 3.68. The van der Waals surface area contributed by atoms with Crippen LogP contribution in [0.2, 0.25) is 0 Å². The molecular formula is C24H35IN4O2. The maximum Gasteiger partial charge on any atom is 0.191 e. The number of para-hydroxylation sites is 1. The van der Waals surface area contributed by atoms with Crippen LogP contribution in [0.1, 0.15) is 30.4 Å². The summed E-state index contributed by atoms with van der Waals surface area (Å²) in [7, 11) is 3.51. The molecule has 7 heteroatoms. The fraction of sp³-hybridized carbons (Fsp3) is 0.458. The molecule has 2 aromatic rings. The van der Waals surface area contributed by atoms with Gasteiger partial charge in [0.25, 0.3) is 0 Å². The molecule has 1 heterocycles. The highest BCUT2D eigenvalue weighted by atomic mass is 127. The van der Waals surface area contributed by atoms with E-state index in [1.54, 1.807) is 7.11 Å². The van der Waals surface area contributed by atoms with Crippen LogP contribution >= 0.6 is 24.0 Å². The molecular weight excluding hydrogens is 503 g/mol. The summed E-state index contributed by atoms with van der Waals surface area (Å²) in [6.07, 6.45) is 1.03. The number of morpholine rings is 1. The van der Waals surface area contributed by atoms with Crippen LogP contribution in [-0.4, -0.2) is 53.0 Å². The average molecular weight is 538 g/mol. The van der Waals surface area contributed by atoms with Gasteiger partial charge in [0.05, 0.1) is 20.3 Å². The Morgan fingerprint density at radius 3 is 2.48 bits per heavy atom. The number of ether oxygens (including phenoxy) is 2. The fourth-order valence-corrected chi connectivity index (χ4v) is 3.68. The highest BCUT2D eigenvalue weighted by molar-refractivity contribution is 14.0. The molecule has 170 valence electrons. The number of hydrogen-bond acceptors (Lipinski definition) is 4. The molecule has 1 aliphatic rings. The Kier molecular flexibility index (Phi) is 10.9. The molecule has 1 unspecified atom stereocenters. The van der Waals surface area contributed by atoms with Gasteiger partial charge >= 0.3 is 0 Å². The van der Waals surface area contributed by atoms with Gasteiger partial charge in [-0.2, -0.15) is 0 Å². The monoisotopic (exact) mass is 538 g/mol. The van der Waals surface area contributed by atoms with E-state index >= 15 is 0 Å². The Morgan fingerprint density at radius 2 is 1.81 bits per heavy atom. The van der Waals surface area contributed by atoms with Gasteiger partial charge in [0.1, 0.15) is 5.75 Å². The minimum Gasteiger partial charge on any atom is -0.497 e. The molecule has 1 saturated heterocycles. The molecule has 6 nitrogen and oxygen atoms in total. The molecule has 1 aliphatic heterocycles. The maximum absolute atomic E-state index is 5.49. The van der Waals surface area contributed by atoms with Crippen molar-refractivity contribution < 1.29 is 9.47 Å². The van der Waals surface area contributed by atoms with Gasteiger partial charge in [0.15, 0.2) is 5.96 Å². The van der Waals surface area contributed by atoms with Crippen LogP contribution in [0.3, 0.4) is 0 Å². The molecule has 0 bridgehead atoms. The van der Waals surface area contributed by atoms with Crippen LogP contribution < -0.4 is 20.3 Å². The van der Waals surface area contributed by atoms with Gasteiger partial charge in [-0.1, -0.05) is 37.3 Å². The summed E-state index contributed by atoms with van der Waals surface area (Å²) in [5.74, 6) is 2.18. The van der Waals surface area contributed by atoms with Gasteiger partial charge < -0.3 is 25.0 Å². The Hall–Kier alpha value is -2.00. The minimum absolute atomic E-state index is 0. The Labute approximate surface area is 203 Å². The van der Waals surface area contributed by atoms with E-state index in [0.29, 0.717) is 5.92 Å². The largest absolute Gasteiger partial charge is 0.497 e. The van der Waals surface area contributed by atoms with E-state index < -0.39 is 0 Å². The van der Waals surface area contributed by atoms with Crippen molar-refractivity contribution in [3.8, 4) is 5.75 Å². The molecule has 0 aliphatic carbocycles. The molecule has 1 atom stereocenters. The molecule has 0 spiro atoms. The van der Waals surface area contributed by atoms with E-state index in [2.05, 4.69) is 63.8 Å². The third-order valence-corrected chi connectivity index (χ3v) is 5.57. The molecule has 2 aromatic carbocycles. The first kappa shape index (κ1) is 25.3. The zero-order chi connectivity index (χ0) is 21.2. The number of halogens is 1. The lowest BCUT2D eigenvalue weighted by atomic mass is 9.98. The minimum atomic E-state index is 0. The second-order valence-electron chi connectivity index (χ2n) is 7.54. The van der Waals surface area contributed by atoms with E-state index in [9.17, 15) is 0 Å². The summed E-state index contributed by atoms with van der Waals surface area (Å²) >= 11 is 0. The summed E-state index contributed by atoms with van der Waals surface area (Å²) in [4.78, 5) is 6.78. The lowest BCUT2D eigenvalue weighted by molar-refractivity contribution is 0.122. The van der Waals surface area contributed by atoms with E-state index in [1.807, 2.05) is 19.2 Å². The van der Waals surface area contributed by atoms with Gasteiger partial charge in [-0.05, 0) is 41.7 Å². The number of aliphatic imine (C=N–C) groups is 1. The van der Waals surface area contributed by atoms with Gasteiger partial charge in [0, 0.05) is 38.9 Å². The van der Waals surface area contributed by atoms with Crippen LogP contribution in [0.25, 0.3) is 0 Å². The molecule has 0 saturated carbocycles. The zero-order valence-corrected chi connectivity index (χ0v) is 21.1. The topological polar surface area (TPSA) is 58.1 Å². The molecule has 3 rings (SSSR count). The van der Waals surface area contributed by atoms with E-state index in [0.717, 1.165) is 57.5 Å². The standard InChI is InChI=1S/C24H34N4O2.HI/c1-19(20-8-10-22(29-3)11-9-20)12-13-26-24(25-2)27-18-21-6-4-5-7-23(21)28-14-16-30-17-15-28;/h4-11,19H,12-18H2,1-3H3,(H2,25,26,27);1H. The van der Waals surface area contributed by atoms with Crippen molar-refractivity contribution in [2.45, 2.75) is 25.8 Å². The summed E-state index contributed by atoms with van der Waals surface area (Å²) in [5, 5.41) is 6.90. The first-order chi connectivity index (χ1) is 14.7. The Bertz CT molecular complexity index is 807. The van der Waals surface area contributed by atoms with Crippen molar-refractivity contribution in [1.29, 1.82) is 0 Å². The normalized spacial score (nSPS) is 15.1. The van der Waals surface area contributed by atoms with Crippen LogP contribution in [-0.2, 0) is 11.3 Å². The highest BCUT2D eigenvalue weighted by Crippen LogP contribution is 2.22. The second-order valence-corrected chi connectivity index (χ2v) is 7.54. The molecule has 0 aromatic heterocycles. The van der Waals surface area contributed by atoms with Crippen molar-refractivity contribution in [3.63, 3.8) is 0 Å². The van der Waals surface area contributed by atoms with Crippen LogP contribution in [0, 0.1) is 0 Å². The summed E-state index contributed by atoms with van der Waals surface area (Å²) in [6.45, 7) is 7.30. The lowest BCUT2D eigenvalue weighted by Gasteiger charge is -2.30. The number of nitrogens with one attached hydrogen (secondary N) is 2.